The van der Waals surface area contributed by atoms with Gasteiger partial charge in [-0.25, -0.2) is 4.79 Å². The monoisotopic (exact) mass is 312 g/mol. The molecule has 1 saturated carbocycles. The average Bonchev–Trinajstić information content (AvgIpc) is 2.89. The highest BCUT2D eigenvalue weighted by molar-refractivity contribution is 5.89. The van der Waals surface area contributed by atoms with Crippen molar-refractivity contribution in [2.24, 2.45) is 17.0 Å². The van der Waals surface area contributed by atoms with Crippen molar-refractivity contribution in [2.45, 2.75) is 58.8 Å². The van der Waals surface area contributed by atoms with E-state index in [0.29, 0.717) is 13.0 Å². The number of hydrogen-bond acceptors (Lipinski definition) is 6. The van der Waals surface area contributed by atoms with E-state index in [0.717, 1.165) is 5.71 Å². The van der Waals surface area contributed by atoms with Gasteiger partial charge in [0.05, 0.1) is 30.2 Å². The minimum atomic E-state index is -0.600. The van der Waals surface area contributed by atoms with Crippen LogP contribution in [0.2, 0.25) is 0 Å². The molecule has 1 aliphatic heterocycles. The zero-order chi connectivity index (χ0) is 16.5. The van der Waals surface area contributed by atoms with Crippen molar-refractivity contribution in [2.75, 3.05) is 6.61 Å². The summed E-state index contributed by atoms with van der Waals surface area (Å²) in [4.78, 5) is 29.6. The summed E-state index contributed by atoms with van der Waals surface area (Å²) in [6.07, 6.45) is -0.272. The topological polar surface area (TPSA) is 86.2 Å². The Morgan fingerprint density at radius 1 is 1.41 bits per heavy atom. The predicted molar refractivity (Wildman–Crippen MR) is 79.4 cm³/mol. The molecular weight excluding hydrogens is 288 g/mol. The summed E-state index contributed by atoms with van der Waals surface area (Å²) in [5.41, 5.74) is 0.175. The number of oxime groups is 1. The number of rotatable bonds is 3. The minimum Gasteiger partial charge on any atom is -0.466 e. The standard InChI is InChI=1S/C15H24N2O5/c1-6-20-13(18)9-7-10-11(8(2)17-22-10)12(9)16-14(19)21-15(3,4)5/h9-12H,6-7H2,1-5H3,(H,16,19)/t9-,10-,11-,12-/m1/s1. The van der Waals surface area contributed by atoms with Crippen LogP contribution in [0.4, 0.5) is 4.79 Å². The molecule has 0 aromatic heterocycles. The first kappa shape index (κ1) is 16.6. The van der Waals surface area contributed by atoms with Gasteiger partial charge in [0.1, 0.15) is 11.7 Å². The van der Waals surface area contributed by atoms with Gasteiger partial charge in [-0.15, -0.1) is 0 Å². The lowest BCUT2D eigenvalue weighted by Crippen LogP contribution is -2.48. The Hall–Kier alpha value is -1.79. The van der Waals surface area contributed by atoms with Crippen molar-refractivity contribution in [3.05, 3.63) is 0 Å². The number of hydrogen-bond donors (Lipinski definition) is 1. The summed E-state index contributed by atoms with van der Waals surface area (Å²) < 4.78 is 10.4. The van der Waals surface area contributed by atoms with Crippen LogP contribution in [0.3, 0.4) is 0 Å². The van der Waals surface area contributed by atoms with E-state index < -0.39 is 23.7 Å². The summed E-state index contributed by atoms with van der Waals surface area (Å²) in [6.45, 7) is 9.27. The highest BCUT2D eigenvalue weighted by Crippen LogP contribution is 2.39. The van der Waals surface area contributed by atoms with Crippen molar-refractivity contribution in [3.63, 3.8) is 0 Å². The van der Waals surface area contributed by atoms with Gasteiger partial charge in [0, 0.05) is 6.42 Å². The highest BCUT2D eigenvalue weighted by atomic mass is 16.6. The fraction of sp³-hybridized carbons (Fsp3) is 0.800. The van der Waals surface area contributed by atoms with Crippen molar-refractivity contribution >= 4 is 17.8 Å². The number of ether oxygens (including phenoxy) is 2. The van der Waals surface area contributed by atoms with Crippen LogP contribution in [0.25, 0.3) is 0 Å². The molecule has 22 heavy (non-hydrogen) atoms. The summed E-state index contributed by atoms with van der Waals surface area (Å²) in [6, 6.07) is -0.426. The number of amides is 1. The Morgan fingerprint density at radius 2 is 2.09 bits per heavy atom. The van der Waals surface area contributed by atoms with Crippen LogP contribution in [-0.2, 0) is 19.1 Å². The normalized spacial score (nSPS) is 30.1. The predicted octanol–water partition coefficient (Wildman–Crippen LogP) is 1.85. The van der Waals surface area contributed by atoms with Gasteiger partial charge in [0.15, 0.2) is 0 Å². The molecule has 7 heteroatoms. The number of carbonyl (C=O) groups is 2. The maximum Gasteiger partial charge on any atom is 0.407 e. The maximum atomic E-state index is 12.2. The molecular formula is C15H24N2O5. The third-order valence-corrected chi connectivity index (χ3v) is 3.79. The van der Waals surface area contributed by atoms with Gasteiger partial charge in [-0.2, -0.15) is 0 Å². The van der Waals surface area contributed by atoms with Crippen molar-refractivity contribution < 1.29 is 23.9 Å². The van der Waals surface area contributed by atoms with E-state index in [9.17, 15) is 9.59 Å². The molecule has 7 nitrogen and oxygen atoms in total. The molecule has 0 aromatic rings. The molecule has 0 bridgehead atoms. The molecule has 0 saturated heterocycles. The lowest BCUT2D eigenvalue weighted by molar-refractivity contribution is -0.148. The number of nitrogens with zero attached hydrogens (tertiary/aromatic N) is 1. The number of esters is 1. The second-order valence-corrected chi connectivity index (χ2v) is 6.67. The molecule has 2 rings (SSSR count). The summed E-state index contributed by atoms with van der Waals surface area (Å²) in [5, 5.41) is 6.77. The van der Waals surface area contributed by atoms with Crippen LogP contribution in [0.15, 0.2) is 5.16 Å². The molecule has 1 fully saturated rings. The molecule has 1 heterocycles. The summed E-state index contributed by atoms with van der Waals surface area (Å²) >= 11 is 0. The van der Waals surface area contributed by atoms with Gasteiger partial charge in [-0.05, 0) is 34.6 Å². The molecule has 1 amide bonds. The van der Waals surface area contributed by atoms with Gasteiger partial charge in [0.2, 0.25) is 0 Å². The second-order valence-electron chi connectivity index (χ2n) is 6.67. The van der Waals surface area contributed by atoms with Crippen LogP contribution in [0, 0.1) is 11.8 Å². The lowest BCUT2D eigenvalue weighted by atomic mass is 9.94. The first-order valence-corrected chi connectivity index (χ1v) is 7.59. The first-order chi connectivity index (χ1) is 10.2. The fourth-order valence-corrected chi connectivity index (χ4v) is 3.00. The van der Waals surface area contributed by atoms with Crippen LogP contribution < -0.4 is 5.32 Å². The Bertz CT molecular complexity index is 483. The van der Waals surface area contributed by atoms with Crippen LogP contribution >= 0.6 is 0 Å². The number of fused-ring (bicyclic) bond motifs is 1. The minimum absolute atomic E-state index is 0.123. The van der Waals surface area contributed by atoms with Crippen LogP contribution in [-0.4, -0.2) is 42.1 Å². The third kappa shape index (κ3) is 3.51. The Balaban J connectivity index is 2.13. The van der Waals surface area contributed by atoms with Crippen LogP contribution in [0.5, 0.6) is 0 Å². The molecule has 1 aliphatic carbocycles. The average molecular weight is 312 g/mol. The van der Waals surface area contributed by atoms with Gasteiger partial charge in [-0.3, -0.25) is 4.79 Å². The zero-order valence-electron chi connectivity index (χ0n) is 13.7. The third-order valence-electron chi connectivity index (χ3n) is 3.79. The number of nitrogens with one attached hydrogen (secondary N) is 1. The molecule has 1 N–H and O–H groups in total. The zero-order valence-corrected chi connectivity index (χ0v) is 13.7. The van der Waals surface area contributed by atoms with E-state index in [2.05, 4.69) is 10.5 Å². The second kappa shape index (κ2) is 6.14. The van der Waals surface area contributed by atoms with Crippen molar-refractivity contribution in [1.29, 1.82) is 0 Å². The molecule has 4 atom stereocenters. The van der Waals surface area contributed by atoms with Gasteiger partial charge >= 0.3 is 12.1 Å². The number of alkyl carbamates (subject to hydrolysis) is 1. The maximum absolute atomic E-state index is 12.2. The van der Waals surface area contributed by atoms with Gasteiger partial charge in [-0.1, -0.05) is 5.16 Å². The molecule has 0 radical (unpaired) electrons. The Morgan fingerprint density at radius 3 is 2.68 bits per heavy atom. The quantitative estimate of drug-likeness (QED) is 0.804. The molecule has 2 aliphatic rings. The summed E-state index contributed by atoms with van der Waals surface area (Å²) in [5.74, 6) is -0.899. The molecule has 0 aromatic carbocycles. The molecule has 0 spiro atoms. The van der Waals surface area contributed by atoms with E-state index in [1.165, 1.54) is 0 Å². The molecule has 0 unspecified atom stereocenters. The lowest BCUT2D eigenvalue weighted by Gasteiger charge is -2.26. The Labute approximate surface area is 130 Å². The Kier molecular flexibility index (Phi) is 4.63. The van der Waals surface area contributed by atoms with Crippen LogP contribution in [0.1, 0.15) is 41.0 Å². The SMILES string of the molecule is CCOC(=O)[C@@H]1C[C@H]2ON=C(C)[C@H]2[C@@H]1NC(=O)OC(C)(C)C. The summed E-state index contributed by atoms with van der Waals surface area (Å²) in [7, 11) is 0. The van der Waals surface area contributed by atoms with Crippen molar-refractivity contribution in [3.8, 4) is 0 Å². The van der Waals surface area contributed by atoms with Gasteiger partial charge < -0.3 is 19.6 Å². The van der Waals surface area contributed by atoms with E-state index >= 15 is 0 Å². The van der Waals surface area contributed by atoms with Gasteiger partial charge in [0.25, 0.3) is 0 Å². The van der Waals surface area contributed by atoms with Crippen molar-refractivity contribution in [1.82, 2.24) is 5.32 Å². The highest BCUT2D eigenvalue weighted by Gasteiger charge is 2.53. The smallest absolute Gasteiger partial charge is 0.407 e. The van der Waals surface area contributed by atoms with E-state index in [1.807, 2.05) is 6.92 Å². The molecule has 124 valence electrons. The first-order valence-electron chi connectivity index (χ1n) is 7.59. The number of carbonyl (C=O) groups excluding carboxylic acids is 2. The van der Waals surface area contributed by atoms with E-state index in [-0.39, 0.29) is 18.0 Å². The van der Waals surface area contributed by atoms with E-state index in [1.54, 1.807) is 27.7 Å². The largest absolute Gasteiger partial charge is 0.466 e. The fourth-order valence-electron chi connectivity index (χ4n) is 3.00. The van der Waals surface area contributed by atoms with E-state index in [4.69, 9.17) is 14.3 Å².